The van der Waals surface area contributed by atoms with Gasteiger partial charge in [0.2, 0.25) is 5.91 Å². The van der Waals surface area contributed by atoms with Crippen LogP contribution < -0.4 is 5.32 Å². The van der Waals surface area contributed by atoms with Crippen LogP contribution in [-0.4, -0.2) is 40.8 Å². The van der Waals surface area contributed by atoms with Gasteiger partial charge in [0.05, 0.1) is 24.5 Å². The van der Waals surface area contributed by atoms with Crippen LogP contribution in [0, 0.1) is 0 Å². The molecule has 0 spiro atoms. The molecule has 146 valence electrons. The fraction of sp³-hybridized carbons (Fsp3) is 0.524. The molecule has 2 heterocycles. The van der Waals surface area contributed by atoms with E-state index >= 15 is 0 Å². The minimum atomic E-state index is -0.121. The highest BCUT2D eigenvalue weighted by molar-refractivity contribution is 5.77. The van der Waals surface area contributed by atoms with Crippen LogP contribution >= 0.6 is 0 Å². The Kier molecular flexibility index (Phi) is 5.97. The second-order valence-electron chi connectivity index (χ2n) is 8.22. The Morgan fingerprint density at radius 3 is 2.63 bits per heavy atom. The van der Waals surface area contributed by atoms with Crippen molar-refractivity contribution in [2.45, 2.75) is 52.4 Å². The molecule has 1 aromatic heterocycles. The average Bonchev–Trinajstić information content (AvgIpc) is 3.02. The minimum absolute atomic E-state index is 0.0787. The average molecular weight is 370 g/mol. The molecule has 0 aliphatic carbocycles. The summed E-state index contributed by atoms with van der Waals surface area (Å²) in [6.07, 6.45) is 0. The van der Waals surface area contributed by atoms with Gasteiger partial charge in [-0.05, 0) is 22.6 Å². The van der Waals surface area contributed by atoms with Crippen molar-refractivity contribution in [1.82, 2.24) is 20.0 Å². The third-order valence-electron chi connectivity index (χ3n) is 4.90. The highest BCUT2D eigenvalue weighted by atomic mass is 16.5. The maximum absolute atomic E-state index is 11.5. The first kappa shape index (κ1) is 19.6. The second kappa shape index (κ2) is 8.23. The minimum Gasteiger partial charge on any atom is -0.375 e. The topological polar surface area (TPSA) is 59.4 Å². The van der Waals surface area contributed by atoms with E-state index in [2.05, 4.69) is 71.1 Å². The molecule has 0 saturated heterocycles. The number of fused-ring (bicyclic) bond motifs is 1. The van der Waals surface area contributed by atoms with Crippen molar-refractivity contribution in [3.8, 4) is 0 Å². The summed E-state index contributed by atoms with van der Waals surface area (Å²) in [4.78, 5) is 14.0. The van der Waals surface area contributed by atoms with Crippen molar-refractivity contribution in [3.05, 3.63) is 52.8 Å². The number of nitrogens with zero attached hydrogens (tertiary/aromatic N) is 3. The van der Waals surface area contributed by atoms with E-state index in [1.54, 1.807) is 0 Å². The van der Waals surface area contributed by atoms with Gasteiger partial charge in [-0.25, -0.2) is 0 Å². The Labute approximate surface area is 161 Å². The summed E-state index contributed by atoms with van der Waals surface area (Å²) in [7, 11) is 1.51. The lowest BCUT2D eigenvalue weighted by atomic mass is 9.87. The predicted molar refractivity (Wildman–Crippen MR) is 105 cm³/mol. The third kappa shape index (κ3) is 5.17. The number of amides is 1. The van der Waals surface area contributed by atoms with Crippen LogP contribution in [-0.2, 0) is 41.1 Å². The molecule has 6 nitrogen and oxygen atoms in total. The van der Waals surface area contributed by atoms with Gasteiger partial charge in [0, 0.05) is 26.7 Å². The van der Waals surface area contributed by atoms with Gasteiger partial charge in [0.25, 0.3) is 0 Å². The smallest absolute Gasteiger partial charge is 0.246 e. The van der Waals surface area contributed by atoms with Gasteiger partial charge in [-0.1, -0.05) is 45.0 Å². The highest BCUT2D eigenvalue weighted by Gasteiger charge is 2.19. The molecular weight excluding hydrogens is 340 g/mol. The molecule has 0 atom stereocenters. The predicted octanol–water partition coefficient (Wildman–Crippen LogP) is 2.46. The zero-order chi connectivity index (χ0) is 19.4. The van der Waals surface area contributed by atoms with Crippen LogP contribution in [0.1, 0.15) is 43.3 Å². The Balaban J connectivity index is 1.57. The molecule has 1 amide bonds. The van der Waals surface area contributed by atoms with Crippen LogP contribution in [0.15, 0.2) is 30.3 Å². The van der Waals surface area contributed by atoms with Crippen molar-refractivity contribution in [2.75, 3.05) is 20.3 Å². The molecule has 1 aromatic carbocycles. The van der Waals surface area contributed by atoms with E-state index in [0.717, 1.165) is 31.9 Å². The van der Waals surface area contributed by atoms with Crippen LogP contribution in [0.25, 0.3) is 0 Å². The maximum Gasteiger partial charge on any atom is 0.246 e. The van der Waals surface area contributed by atoms with E-state index < -0.39 is 0 Å². The Bertz CT molecular complexity index is 774. The molecular formula is C21H30N4O2. The first-order chi connectivity index (χ1) is 12.8. The number of aromatic nitrogens is 2. The molecule has 0 radical (unpaired) electrons. The number of nitrogens with one attached hydrogen (secondary N) is 1. The fourth-order valence-electron chi connectivity index (χ4n) is 3.34. The molecule has 27 heavy (non-hydrogen) atoms. The number of hydrogen-bond donors (Lipinski definition) is 1. The Morgan fingerprint density at radius 1 is 1.22 bits per heavy atom. The van der Waals surface area contributed by atoms with Gasteiger partial charge >= 0.3 is 0 Å². The molecule has 2 aromatic rings. The molecule has 1 aliphatic rings. The van der Waals surface area contributed by atoms with Gasteiger partial charge in [0.15, 0.2) is 0 Å². The zero-order valence-corrected chi connectivity index (χ0v) is 16.8. The number of ether oxygens (including phenoxy) is 1. The van der Waals surface area contributed by atoms with Gasteiger partial charge in [-0.3, -0.25) is 14.4 Å². The monoisotopic (exact) mass is 370 g/mol. The summed E-state index contributed by atoms with van der Waals surface area (Å²) in [5.41, 5.74) is 4.98. The quantitative estimate of drug-likeness (QED) is 0.849. The number of benzene rings is 1. The lowest BCUT2D eigenvalue weighted by Crippen LogP contribution is -2.33. The Hall–Kier alpha value is -2.18. The van der Waals surface area contributed by atoms with Crippen molar-refractivity contribution < 1.29 is 9.53 Å². The number of hydrogen-bond acceptors (Lipinski definition) is 4. The number of rotatable bonds is 6. The van der Waals surface area contributed by atoms with Crippen LogP contribution in [0.5, 0.6) is 0 Å². The van der Waals surface area contributed by atoms with Crippen molar-refractivity contribution in [2.24, 2.45) is 0 Å². The summed E-state index contributed by atoms with van der Waals surface area (Å²) >= 11 is 0. The van der Waals surface area contributed by atoms with Crippen LogP contribution in [0.3, 0.4) is 0 Å². The molecule has 3 rings (SSSR count). The van der Waals surface area contributed by atoms with Crippen molar-refractivity contribution in [3.63, 3.8) is 0 Å². The second-order valence-corrected chi connectivity index (χ2v) is 8.22. The first-order valence-electron chi connectivity index (χ1n) is 9.48. The van der Waals surface area contributed by atoms with E-state index in [1.807, 2.05) is 0 Å². The third-order valence-corrected chi connectivity index (χ3v) is 4.90. The largest absolute Gasteiger partial charge is 0.375 e. The van der Waals surface area contributed by atoms with Gasteiger partial charge in [-0.2, -0.15) is 5.10 Å². The zero-order valence-electron chi connectivity index (χ0n) is 16.8. The maximum atomic E-state index is 11.5. The summed E-state index contributed by atoms with van der Waals surface area (Å²) in [6, 6.07) is 11.0. The standard InChI is InChI=1S/C21H30N4O2/c1-21(2,3)17-7-5-16(6-8-17)13-24-9-10-25-19(14-24)11-18(23-25)12-22-20(26)15-27-4/h5-8,11H,9-10,12-15H2,1-4H3,(H,22,26). The van der Waals surface area contributed by atoms with Gasteiger partial charge < -0.3 is 10.1 Å². The molecule has 0 fully saturated rings. The fourth-order valence-corrected chi connectivity index (χ4v) is 3.34. The van der Waals surface area contributed by atoms with Gasteiger partial charge in [-0.15, -0.1) is 0 Å². The molecule has 0 saturated carbocycles. The van der Waals surface area contributed by atoms with Crippen molar-refractivity contribution >= 4 is 5.91 Å². The van der Waals surface area contributed by atoms with Crippen LogP contribution in [0.2, 0.25) is 0 Å². The summed E-state index contributed by atoms with van der Waals surface area (Å²) in [5.74, 6) is -0.121. The van der Waals surface area contributed by atoms with E-state index in [1.165, 1.54) is 23.9 Å². The van der Waals surface area contributed by atoms with Gasteiger partial charge in [0.1, 0.15) is 6.61 Å². The van der Waals surface area contributed by atoms with Crippen molar-refractivity contribution in [1.29, 1.82) is 0 Å². The normalized spacial score (nSPS) is 14.8. The molecule has 1 N–H and O–H groups in total. The highest BCUT2D eigenvalue weighted by Crippen LogP contribution is 2.23. The molecule has 6 heteroatoms. The lowest BCUT2D eigenvalue weighted by Gasteiger charge is -2.28. The van der Waals surface area contributed by atoms with E-state index in [0.29, 0.717) is 6.54 Å². The number of methoxy groups -OCH3 is 1. The number of carbonyl (C=O) groups is 1. The van der Waals surface area contributed by atoms with E-state index in [-0.39, 0.29) is 17.9 Å². The summed E-state index contributed by atoms with van der Waals surface area (Å²) < 4.78 is 6.88. The molecule has 0 unspecified atom stereocenters. The van der Waals surface area contributed by atoms with E-state index in [4.69, 9.17) is 4.74 Å². The Morgan fingerprint density at radius 2 is 1.96 bits per heavy atom. The summed E-state index contributed by atoms with van der Waals surface area (Å²) in [6.45, 7) is 10.9. The lowest BCUT2D eigenvalue weighted by molar-refractivity contribution is -0.124. The molecule has 0 bridgehead atoms. The van der Waals surface area contributed by atoms with Crippen LogP contribution in [0.4, 0.5) is 0 Å². The van der Waals surface area contributed by atoms with E-state index in [9.17, 15) is 4.79 Å². The molecule has 1 aliphatic heterocycles. The number of carbonyl (C=O) groups excluding carboxylic acids is 1. The summed E-state index contributed by atoms with van der Waals surface area (Å²) in [5, 5.41) is 7.42. The SMILES string of the molecule is COCC(=O)NCc1cc2n(n1)CCN(Cc1ccc(C(C)(C)C)cc1)C2. The first-order valence-corrected chi connectivity index (χ1v) is 9.48.